The second-order valence-corrected chi connectivity index (χ2v) is 8.97. The van der Waals surface area contributed by atoms with Crippen molar-refractivity contribution >= 4 is 35.1 Å². The molecule has 1 aliphatic heterocycles. The number of anilines is 2. The Hall–Kier alpha value is -3.33. The summed E-state index contributed by atoms with van der Waals surface area (Å²) in [5, 5.41) is 12.4. The molecule has 0 saturated carbocycles. The van der Waals surface area contributed by atoms with Gasteiger partial charge < -0.3 is 15.0 Å². The maximum Gasteiger partial charge on any atom is 0.232 e. The number of nitrogens with zero attached hydrogens (tertiary/aromatic N) is 4. The van der Waals surface area contributed by atoms with Crippen LogP contribution in [0.3, 0.4) is 0 Å². The molecule has 1 aromatic heterocycles. The first-order valence-corrected chi connectivity index (χ1v) is 12.5. The van der Waals surface area contributed by atoms with Gasteiger partial charge in [0.2, 0.25) is 11.9 Å². The van der Waals surface area contributed by atoms with Gasteiger partial charge in [0.05, 0.1) is 18.6 Å². The zero-order valence-electron chi connectivity index (χ0n) is 19.5. The van der Waals surface area contributed by atoms with E-state index in [-0.39, 0.29) is 17.4 Å². The number of rotatable bonds is 9. The predicted molar refractivity (Wildman–Crippen MR) is 134 cm³/mol. The monoisotopic (exact) mass is 479 g/mol. The molecule has 0 atom stereocenters. The van der Waals surface area contributed by atoms with Crippen LogP contribution in [0.1, 0.15) is 43.0 Å². The maximum atomic E-state index is 12.9. The number of carbonyl (C=O) groups excluding carboxylic acids is 2. The van der Waals surface area contributed by atoms with Crippen molar-refractivity contribution in [1.82, 2.24) is 14.8 Å². The highest BCUT2D eigenvalue weighted by molar-refractivity contribution is 7.99. The third-order valence-electron chi connectivity index (χ3n) is 5.73. The summed E-state index contributed by atoms with van der Waals surface area (Å²) in [5.74, 6) is 1.63. The van der Waals surface area contributed by atoms with Crippen molar-refractivity contribution in [1.29, 1.82) is 0 Å². The number of amides is 1. The highest BCUT2D eigenvalue weighted by Crippen LogP contribution is 2.33. The topological polar surface area (TPSA) is 89.4 Å². The van der Waals surface area contributed by atoms with Crippen LogP contribution in [0.15, 0.2) is 53.7 Å². The molecule has 0 aliphatic carbocycles. The first kappa shape index (κ1) is 23.8. The van der Waals surface area contributed by atoms with Crippen LogP contribution >= 0.6 is 11.8 Å². The van der Waals surface area contributed by atoms with Gasteiger partial charge in [0, 0.05) is 30.8 Å². The molecule has 0 radical (unpaired) electrons. The third-order valence-corrected chi connectivity index (χ3v) is 6.65. The number of aromatic nitrogens is 3. The summed E-state index contributed by atoms with van der Waals surface area (Å²) in [4.78, 5) is 26.7. The van der Waals surface area contributed by atoms with Crippen LogP contribution in [0, 0.1) is 0 Å². The van der Waals surface area contributed by atoms with Crippen LogP contribution in [0.2, 0.25) is 0 Å². The summed E-state index contributed by atoms with van der Waals surface area (Å²) in [6.07, 6.45) is 3.86. The van der Waals surface area contributed by atoms with E-state index in [1.165, 1.54) is 18.2 Å². The molecule has 2 aromatic carbocycles. The molecule has 0 bridgehead atoms. The van der Waals surface area contributed by atoms with Gasteiger partial charge in [-0.05, 0) is 55.7 Å². The summed E-state index contributed by atoms with van der Waals surface area (Å²) >= 11 is 1.36. The molecule has 1 amide bonds. The number of ketones is 1. The second kappa shape index (κ2) is 11.2. The van der Waals surface area contributed by atoms with Gasteiger partial charge in [0.15, 0.2) is 10.9 Å². The third kappa shape index (κ3) is 5.41. The Bertz CT molecular complexity index is 1140. The molecule has 1 N–H and O–H groups in total. The molecular formula is C25H29N5O3S. The minimum Gasteiger partial charge on any atom is -0.495 e. The van der Waals surface area contributed by atoms with Crippen molar-refractivity contribution in [2.45, 2.75) is 37.8 Å². The van der Waals surface area contributed by atoms with Crippen LogP contribution in [0.25, 0.3) is 5.69 Å². The van der Waals surface area contributed by atoms with Gasteiger partial charge >= 0.3 is 0 Å². The minimum absolute atomic E-state index is 0.0209. The number of hydrogen-bond acceptors (Lipinski definition) is 7. The standard InChI is InChI=1S/C25H29N5O3S/c1-3-23(32)26-19-13-11-18(12-14-19)21(31)17-34-25-28-27-24(29-15-7-4-8-16-29)30(25)20-9-5-6-10-22(20)33-2/h5-6,9-14H,3-4,7-8,15-17H2,1-2H3,(H,26,32). The molecule has 178 valence electrons. The van der Waals surface area contributed by atoms with Crippen molar-refractivity contribution in [3.63, 3.8) is 0 Å². The predicted octanol–water partition coefficient (Wildman–Crippen LogP) is 4.59. The number of carbonyl (C=O) groups is 2. The average Bonchev–Trinajstić information content (AvgIpc) is 3.31. The average molecular weight is 480 g/mol. The highest BCUT2D eigenvalue weighted by Gasteiger charge is 2.24. The van der Waals surface area contributed by atoms with Crippen LogP contribution in [0.5, 0.6) is 5.75 Å². The Morgan fingerprint density at radius 1 is 1.03 bits per heavy atom. The first-order valence-electron chi connectivity index (χ1n) is 11.5. The molecule has 34 heavy (non-hydrogen) atoms. The minimum atomic E-state index is -0.0604. The zero-order valence-corrected chi connectivity index (χ0v) is 20.3. The molecular weight excluding hydrogens is 450 g/mol. The van der Waals surface area contributed by atoms with Gasteiger partial charge in [0.25, 0.3) is 0 Å². The number of Topliss-reactive ketones (excluding diaryl/α,β-unsaturated/α-hetero) is 1. The fourth-order valence-electron chi connectivity index (χ4n) is 3.88. The Morgan fingerprint density at radius 3 is 2.47 bits per heavy atom. The Kier molecular flexibility index (Phi) is 7.84. The second-order valence-electron chi connectivity index (χ2n) is 8.03. The number of nitrogens with one attached hydrogen (secondary N) is 1. The molecule has 2 heterocycles. The van der Waals surface area contributed by atoms with E-state index in [0.717, 1.165) is 43.3 Å². The lowest BCUT2D eigenvalue weighted by molar-refractivity contribution is -0.115. The lowest BCUT2D eigenvalue weighted by Crippen LogP contribution is -2.31. The summed E-state index contributed by atoms with van der Waals surface area (Å²) < 4.78 is 7.60. The molecule has 1 fully saturated rings. The number of hydrogen-bond donors (Lipinski definition) is 1. The van der Waals surface area contributed by atoms with E-state index in [0.29, 0.717) is 22.8 Å². The molecule has 9 heteroatoms. The van der Waals surface area contributed by atoms with E-state index in [4.69, 9.17) is 4.74 Å². The molecule has 0 spiro atoms. The molecule has 0 unspecified atom stereocenters. The van der Waals surface area contributed by atoms with E-state index < -0.39 is 0 Å². The normalized spacial score (nSPS) is 13.5. The number of benzene rings is 2. The van der Waals surface area contributed by atoms with E-state index in [9.17, 15) is 9.59 Å². The van der Waals surface area contributed by atoms with Crippen LogP contribution in [0.4, 0.5) is 11.6 Å². The van der Waals surface area contributed by atoms with Gasteiger partial charge in [-0.2, -0.15) is 0 Å². The molecule has 3 aromatic rings. The SMILES string of the molecule is CCC(=O)Nc1ccc(C(=O)CSc2nnc(N3CCCCC3)n2-c2ccccc2OC)cc1. The number of methoxy groups -OCH3 is 1. The van der Waals surface area contributed by atoms with E-state index >= 15 is 0 Å². The number of ether oxygens (including phenoxy) is 1. The van der Waals surface area contributed by atoms with Gasteiger partial charge in [-0.15, -0.1) is 10.2 Å². The molecule has 8 nitrogen and oxygen atoms in total. The summed E-state index contributed by atoms with van der Waals surface area (Å²) in [7, 11) is 1.65. The lowest BCUT2D eigenvalue weighted by atomic mass is 10.1. The summed E-state index contributed by atoms with van der Waals surface area (Å²) in [6.45, 7) is 3.65. The Balaban J connectivity index is 1.55. The van der Waals surface area contributed by atoms with Crippen LogP contribution in [-0.2, 0) is 4.79 Å². The number of para-hydroxylation sites is 2. The van der Waals surface area contributed by atoms with Crippen LogP contribution < -0.4 is 15.0 Å². The molecule has 1 aliphatic rings. The Labute approximate surface area is 203 Å². The van der Waals surface area contributed by atoms with Crippen molar-refractivity contribution in [2.24, 2.45) is 0 Å². The largest absolute Gasteiger partial charge is 0.495 e. The zero-order chi connectivity index (χ0) is 23.9. The fourth-order valence-corrected chi connectivity index (χ4v) is 4.72. The van der Waals surface area contributed by atoms with Crippen molar-refractivity contribution < 1.29 is 14.3 Å². The molecule has 4 rings (SSSR count). The van der Waals surface area contributed by atoms with Crippen molar-refractivity contribution in [2.75, 3.05) is 36.2 Å². The van der Waals surface area contributed by atoms with Gasteiger partial charge in [-0.1, -0.05) is 30.8 Å². The van der Waals surface area contributed by atoms with Gasteiger partial charge in [-0.3, -0.25) is 14.2 Å². The highest BCUT2D eigenvalue weighted by atomic mass is 32.2. The summed E-state index contributed by atoms with van der Waals surface area (Å²) in [6, 6.07) is 14.7. The summed E-state index contributed by atoms with van der Waals surface area (Å²) in [5.41, 5.74) is 2.11. The Morgan fingerprint density at radius 2 is 1.76 bits per heavy atom. The van der Waals surface area contributed by atoms with Crippen molar-refractivity contribution in [3.05, 3.63) is 54.1 Å². The van der Waals surface area contributed by atoms with Crippen LogP contribution in [-0.4, -0.2) is 52.4 Å². The molecule has 1 saturated heterocycles. The lowest BCUT2D eigenvalue weighted by Gasteiger charge is -2.28. The quantitative estimate of drug-likeness (QED) is 0.355. The first-order chi connectivity index (χ1) is 16.6. The smallest absolute Gasteiger partial charge is 0.232 e. The number of piperidine rings is 1. The number of thioether (sulfide) groups is 1. The van der Waals surface area contributed by atoms with E-state index in [2.05, 4.69) is 20.4 Å². The maximum absolute atomic E-state index is 12.9. The van der Waals surface area contributed by atoms with E-state index in [1.54, 1.807) is 38.3 Å². The van der Waals surface area contributed by atoms with Gasteiger partial charge in [0.1, 0.15) is 5.75 Å². The van der Waals surface area contributed by atoms with Gasteiger partial charge in [-0.25, -0.2) is 0 Å². The van der Waals surface area contributed by atoms with Crippen molar-refractivity contribution in [3.8, 4) is 11.4 Å². The fraction of sp³-hybridized carbons (Fsp3) is 0.360. The van der Waals surface area contributed by atoms with E-state index in [1.807, 2.05) is 28.8 Å².